The molecule has 0 atom stereocenters. The first-order valence-corrected chi connectivity index (χ1v) is 7.61. The molecule has 0 nitrogen and oxygen atoms in total. The van der Waals surface area contributed by atoms with Crippen LogP contribution in [0.4, 0.5) is 4.39 Å². The summed E-state index contributed by atoms with van der Waals surface area (Å²) in [5.41, 5.74) is 2.83. The van der Waals surface area contributed by atoms with Crippen LogP contribution in [0.15, 0.2) is 48.5 Å². The first-order valence-electron chi connectivity index (χ1n) is 6.54. The van der Waals surface area contributed by atoms with E-state index in [4.69, 9.17) is 23.2 Å². The van der Waals surface area contributed by atoms with Crippen LogP contribution in [0, 0.1) is 12.7 Å². The monoisotopic (exact) mass is 310 g/mol. The minimum absolute atomic E-state index is 0.231. The summed E-state index contributed by atoms with van der Waals surface area (Å²) in [5, 5.41) is 0. The fraction of sp³-hybridized carbons (Fsp3) is 0.294. The largest absolute Gasteiger partial charge is 0.207 e. The lowest BCUT2D eigenvalue weighted by Gasteiger charge is -2.32. The van der Waals surface area contributed by atoms with Gasteiger partial charge in [0.1, 0.15) is 5.82 Å². The number of aryl methyl sites for hydroxylation is 1. The Morgan fingerprint density at radius 1 is 1.00 bits per heavy atom. The second-order valence-electron chi connectivity index (χ2n) is 5.17. The molecule has 0 unspecified atom stereocenters. The molecule has 0 saturated carbocycles. The number of alkyl halides is 2. The summed E-state index contributed by atoms with van der Waals surface area (Å²) in [5.74, 6) is 0.570. The summed E-state index contributed by atoms with van der Waals surface area (Å²) in [7, 11) is 0. The maximum absolute atomic E-state index is 13.4. The Labute approximate surface area is 129 Å². The molecule has 0 radical (unpaired) electrons. The predicted octanol–water partition coefficient (Wildman–Crippen LogP) is 5.09. The Morgan fingerprint density at radius 3 is 2.30 bits per heavy atom. The van der Waals surface area contributed by atoms with Crippen molar-refractivity contribution in [2.24, 2.45) is 0 Å². The molecule has 2 rings (SSSR count). The highest BCUT2D eigenvalue weighted by Gasteiger charge is 2.32. The molecule has 0 spiro atoms. The van der Waals surface area contributed by atoms with Gasteiger partial charge in [-0.1, -0.05) is 36.4 Å². The molecule has 0 fully saturated rings. The van der Waals surface area contributed by atoms with Gasteiger partial charge in [-0.3, -0.25) is 0 Å². The maximum Gasteiger partial charge on any atom is 0.123 e. The second kappa shape index (κ2) is 6.60. The average Bonchev–Trinajstić information content (AvgIpc) is 2.46. The Kier molecular flexibility index (Phi) is 5.06. The van der Waals surface area contributed by atoms with E-state index in [2.05, 4.69) is 19.1 Å². The number of rotatable bonds is 5. The van der Waals surface area contributed by atoms with Gasteiger partial charge in [0.05, 0.1) is 0 Å². The van der Waals surface area contributed by atoms with E-state index in [1.165, 1.54) is 6.07 Å². The quantitative estimate of drug-likeness (QED) is 0.675. The fourth-order valence-electron chi connectivity index (χ4n) is 2.57. The smallest absolute Gasteiger partial charge is 0.123 e. The van der Waals surface area contributed by atoms with Gasteiger partial charge in [0.25, 0.3) is 0 Å². The third-order valence-corrected chi connectivity index (χ3v) is 4.68. The molecule has 0 N–H and O–H groups in total. The lowest BCUT2D eigenvalue weighted by molar-refractivity contribution is 0.530. The molecule has 3 heteroatoms. The topological polar surface area (TPSA) is 0 Å². The molecule has 2 aromatic carbocycles. The van der Waals surface area contributed by atoms with Crippen LogP contribution >= 0.6 is 23.2 Å². The first kappa shape index (κ1) is 15.3. The summed E-state index contributed by atoms with van der Waals surface area (Å²) in [6.07, 6.45) is 0.628. The highest BCUT2D eigenvalue weighted by atomic mass is 35.5. The third-order valence-electron chi connectivity index (χ3n) is 3.66. The summed E-state index contributed by atoms with van der Waals surface area (Å²) in [4.78, 5) is 0. The Morgan fingerprint density at radius 2 is 1.70 bits per heavy atom. The molecular formula is C17H17Cl2F. The number of hydrogen-bond acceptors (Lipinski definition) is 0. The first-order chi connectivity index (χ1) is 9.61. The van der Waals surface area contributed by atoms with E-state index >= 15 is 0 Å². The van der Waals surface area contributed by atoms with Crippen molar-refractivity contribution in [1.29, 1.82) is 0 Å². The van der Waals surface area contributed by atoms with Crippen LogP contribution in [0.5, 0.6) is 0 Å². The zero-order valence-corrected chi connectivity index (χ0v) is 12.9. The standard InChI is InChI=1S/C17H17Cl2F/c1-13-5-2-3-8-16(13)17(11-18,12-19)10-14-6-4-7-15(20)9-14/h2-9H,10-12H2,1H3. The normalized spacial score (nSPS) is 11.6. The summed E-state index contributed by atoms with van der Waals surface area (Å²) in [6, 6.07) is 14.7. The Bertz CT molecular complexity index is 577. The van der Waals surface area contributed by atoms with Gasteiger partial charge in [-0.15, -0.1) is 23.2 Å². The summed E-state index contributed by atoms with van der Waals surface area (Å²) < 4.78 is 13.4. The zero-order valence-electron chi connectivity index (χ0n) is 11.4. The molecule has 0 saturated heterocycles. The number of hydrogen-bond donors (Lipinski definition) is 0. The zero-order chi connectivity index (χ0) is 14.6. The van der Waals surface area contributed by atoms with Gasteiger partial charge in [0.2, 0.25) is 0 Å². The minimum Gasteiger partial charge on any atom is -0.207 e. The Hall–Kier alpha value is -1.05. The lowest BCUT2D eigenvalue weighted by atomic mass is 9.77. The van der Waals surface area contributed by atoms with Crippen LogP contribution in [0.25, 0.3) is 0 Å². The molecule has 0 aromatic heterocycles. The van der Waals surface area contributed by atoms with E-state index in [-0.39, 0.29) is 11.2 Å². The van der Waals surface area contributed by atoms with Crippen molar-refractivity contribution >= 4 is 23.2 Å². The molecule has 2 aromatic rings. The van der Waals surface area contributed by atoms with Gasteiger partial charge in [-0.2, -0.15) is 0 Å². The van der Waals surface area contributed by atoms with E-state index in [0.717, 1.165) is 16.7 Å². The lowest BCUT2D eigenvalue weighted by Crippen LogP contribution is -2.34. The molecule has 0 aliphatic carbocycles. The third kappa shape index (κ3) is 3.16. The average molecular weight is 311 g/mol. The minimum atomic E-state index is -0.373. The van der Waals surface area contributed by atoms with Crippen molar-refractivity contribution in [3.05, 3.63) is 71.0 Å². The number of halogens is 3. The van der Waals surface area contributed by atoms with Gasteiger partial charge < -0.3 is 0 Å². The molecule has 106 valence electrons. The highest BCUT2D eigenvalue weighted by Crippen LogP contribution is 2.33. The van der Waals surface area contributed by atoms with Crippen molar-refractivity contribution < 1.29 is 4.39 Å². The van der Waals surface area contributed by atoms with Gasteiger partial charge in [-0.25, -0.2) is 4.39 Å². The van der Waals surface area contributed by atoms with Crippen LogP contribution < -0.4 is 0 Å². The van der Waals surface area contributed by atoms with Gasteiger partial charge in [0.15, 0.2) is 0 Å². The maximum atomic E-state index is 13.4. The molecule has 0 amide bonds. The van der Waals surface area contributed by atoms with E-state index < -0.39 is 0 Å². The van der Waals surface area contributed by atoms with Gasteiger partial charge >= 0.3 is 0 Å². The Balaban J connectivity index is 2.42. The van der Waals surface area contributed by atoms with Crippen LogP contribution in [0.1, 0.15) is 16.7 Å². The van der Waals surface area contributed by atoms with Crippen LogP contribution in [-0.4, -0.2) is 11.8 Å². The highest BCUT2D eigenvalue weighted by molar-refractivity contribution is 6.22. The van der Waals surface area contributed by atoms with Crippen molar-refractivity contribution in [1.82, 2.24) is 0 Å². The summed E-state index contributed by atoms with van der Waals surface area (Å²) in [6.45, 7) is 2.05. The number of benzene rings is 2. The molecule has 20 heavy (non-hydrogen) atoms. The molecule has 0 bridgehead atoms. The SMILES string of the molecule is Cc1ccccc1C(CCl)(CCl)Cc1cccc(F)c1. The van der Waals surface area contributed by atoms with Crippen LogP contribution in [0.2, 0.25) is 0 Å². The van der Waals surface area contributed by atoms with E-state index in [1.807, 2.05) is 18.2 Å². The van der Waals surface area contributed by atoms with Crippen molar-refractivity contribution in [3.63, 3.8) is 0 Å². The van der Waals surface area contributed by atoms with Crippen molar-refractivity contribution in [2.45, 2.75) is 18.8 Å². The second-order valence-corrected chi connectivity index (χ2v) is 5.70. The van der Waals surface area contributed by atoms with Crippen molar-refractivity contribution in [3.8, 4) is 0 Å². The van der Waals surface area contributed by atoms with E-state index in [9.17, 15) is 4.39 Å². The molecule has 0 heterocycles. The van der Waals surface area contributed by atoms with Gasteiger partial charge in [0, 0.05) is 17.2 Å². The van der Waals surface area contributed by atoms with Crippen molar-refractivity contribution in [2.75, 3.05) is 11.8 Å². The summed E-state index contributed by atoms with van der Waals surface area (Å²) >= 11 is 12.5. The van der Waals surface area contributed by atoms with Crippen LogP contribution in [-0.2, 0) is 11.8 Å². The predicted molar refractivity (Wildman–Crippen MR) is 84.4 cm³/mol. The molecule has 0 aliphatic rings. The van der Waals surface area contributed by atoms with E-state index in [1.54, 1.807) is 12.1 Å². The van der Waals surface area contributed by atoms with Crippen LogP contribution in [0.3, 0.4) is 0 Å². The van der Waals surface area contributed by atoms with Gasteiger partial charge in [-0.05, 0) is 42.2 Å². The molecular weight excluding hydrogens is 294 g/mol. The van der Waals surface area contributed by atoms with E-state index in [0.29, 0.717) is 18.2 Å². The molecule has 0 aliphatic heterocycles. The fourth-order valence-corrected chi connectivity index (χ4v) is 3.34.